The number of pyridine rings is 2. The van der Waals surface area contributed by atoms with E-state index in [0.29, 0.717) is 11.4 Å². The molecule has 5 N–H and O–H groups in total. The first-order valence-corrected chi connectivity index (χ1v) is 20.8. The summed E-state index contributed by atoms with van der Waals surface area (Å²) in [6.45, 7) is 0.458. The number of alkyl halides is 4. The van der Waals surface area contributed by atoms with Gasteiger partial charge in [-0.2, -0.15) is 42.7 Å². The quantitative estimate of drug-likeness (QED) is 0.0375. The summed E-state index contributed by atoms with van der Waals surface area (Å²) in [5.41, 5.74) is 1.05. The molecule has 0 spiro atoms. The Hall–Kier alpha value is -9.88. The lowest BCUT2D eigenvalue weighted by Crippen LogP contribution is -2.25. The molecule has 0 aliphatic rings. The van der Waals surface area contributed by atoms with Crippen LogP contribution in [0.3, 0.4) is 0 Å². The van der Waals surface area contributed by atoms with E-state index in [1.165, 1.54) is 82.8 Å². The van der Waals surface area contributed by atoms with Crippen LogP contribution >= 0.6 is 0 Å². The van der Waals surface area contributed by atoms with E-state index in [0.717, 1.165) is 35.3 Å². The van der Waals surface area contributed by atoms with E-state index in [9.17, 15) is 27.2 Å². The molecular formula is C46H36F6N16O4. The first-order valence-electron chi connectivity index (χ1n) is 20.8. The lowest BCUT2D eigenvalue weighted by Gasteiger charge is -2.23. The van der Waals surface area contributed by atoms with Gasteiger partial charge in [-0.25, -0.2) is 23.7 Å². The van der Waals surface area contributed by atoms with Gasteiger partial charge in [-0.1, -0.05) is 13.2 Å². The molecular weight excluding hydrogens is 955 g/mol. The Morgan fingerprint density at radius 3 is 1.75 bits per heavy atom. The third-order valence-corrected chi connectivity index (χ3v) is 9.82. The van der Waals surface area contributed by atoms with Crippen LogP contribution in [0.5, 0.6) is 11.8 Å². The highest BCUT2D eigenvalue weighted by atomic mass is 19.3. The summed E-state index contributed by atoms with van der Waals surface area (Å²) in [4.78, 5) is 52.9. The molecule has 2 amide bonds. The maximum Gasteiger partial charge on any atom is 0.388 e. The molecule has 0 aliphatic heterocycles. The van der Waals surface area contributed by atoms with E-state index in [-0.39, 0.29) is 80.2 Å². The summed E-state index contributed by atoms with van der Waals surface area (Å²) in [5.74, 6) is -4.75. The van der Waals surface area contributed by atoms with E-state index < -0.39 is 42.6 Å². The van der Waals surface area contributed by atoms with E-state index in [4.69, 9.17) is 4.74 Å². The third kappa shape index (κ3) is 11.7. The van der Waals surface area contributed by atoms with Gasteiger partial charge in [0.05, 0.1) is 40.8 Å². The van der Waals surface area contributed by atoms with E-state index in [1.54, 1.807) is 26.5 Å². The molecule has 0 aliphatic carbocycles. The molecule has 0 saturated heterocycles. The summed E-state index contributed by atoms with van der Waals surface area (Å²) in [6.07, 6.45) is 12.0. The molecule has 72 heavy (non-hydrogen) atoms. The minimum absolute atomic E-state index is 0.0113. The summed E-state index contributed by atoms with van der Waals surface area (Å²) in [6, 6.07) is 12.0. The Balaban J connectivity index is 1.22. The first kappa shape index (κ1) is 48.6. The zero-order valence-electron chi connectivity index (χ0n) is 37.4. The lowest BCUT2D eigenvalue weighted by atomic mass is 10.1. The van der Waals surface area contributed by atoms with Gasteiger partial charge in [0, 0.05) is 79.6 Å². The molecule has 0 bridgehead atoms. The third-order valence-electron chi connectivity index (χ3n) is 9.82. The molecule has 0 fully saturated rings. The van der Waals surface area contributed by atoms with Crippen LogP contribution in [-0.4, -0.2) is 74.5 Å². The number of carbonyl (C=O) groups excluding carboxylic acids is 2. The van der Waals surface area contributed by atoms with E-state index in [1.807, 2.05) is 0 Å². The van der Waals surface area contributed by atoms with Crippen molar-refractivity contribution < 1.29 is 45.4 Å². The van der Waals surface area contributed by atoms with Gasteiger partial charge in [-0.15, -0.1) is 0 Å². The molecule has 8 rings (SSSR count). The average molecular weight is 991 g/mol. The fourth-order valence-corrected chi connectivity index (χ4v) is 6.70. The summed E-state index contributed by atoms with van der Waals surface area (Å²) >= 11 is 0. The van der Waals surface area contributed by atoms with Crippen molar-refractivity contribution in [2.45, 2.75) is 13.2 Å². The second kappa shape index (κ2) is 21.2. The highest BCUT2D eigenvalue weighted by Gasteiger charge is 2.24. The average Bonchev–Trinajstić information content (AvgIpc) is 3.96. The molecule has 26 heteroatoms. The number of aryl methyl sites for hydroxylation is 2. The molecule has 0 atom stereocenters. The number of benzene rings is 2. The van der Waals surface area contributed by atoms with E-state index >= 15 is 8.78 Å². The van der Waals surface area contributed by atoms with Gasteiger partial charge in [0.1, 0.15) is 29.1 Å². The fraction of sp³-hybridized carbons (Fsp3) is 0.0870. The first-order chi connectivity index (χ1) is 34.6. The van der Waals surface area contributed by atoms with Crippen molar-refractivity contribution in [3.8, 4) is 34.0 Å². The van der Waals surface area contributed by atoms with Gasteiger partial charge in [0.15, 0.2) is 0 Å². The van der Waals surface area contributed by atoms with Crippen LogP contribution in [0.15, 0.2) is 129 Å². The summed E-state index contributed by atoms with van der Waals surface area (Å²) in [7, 11) is 3.37. The van der Waals surface area contributed by atoms with Crippen LogP contribution < -0.4 is 41.0 Å². The number of nitrogens with zero attached hydrogens (tertiary/aromatic N) is 11. The number of ether oxygens (including phenoxy) is 2. The van der Waals surface area contributed by atoms with Crippen LogP contribution in [0.2, 0.25) is 0 Å². The van der Waals surface area contributed by atoms with Crippen LogP contribution in [0.25, 0.3) is 22.3 Å². The second-order valence-electron chi connectivity index (χ2n) is 14.8. The minimum atomic E-state index is -3.42. The molecule has 0 radical (unpaired) electrons. The van der Waals surface area contributed by atoms with Crippen molar-refractivity contribution in [1.29, 1.82) is 0 Å². The van der Waals surface area contributed by atoms with Crippen LogP contribution in [0.1, 0.15) is 0 Å². The van der Waals surface area contributed by atoms with Crippen LogP contribution in [-0.2, 0) is 23.7 Å². The number of anilines is 11. The summed E-state index contributed by atoms with van der Waals surface area (Å²) in [5, 5.41) is 22.5. The van der Waals surface area contributed by atoms with E-state index in [2.05, 4.69) is 84.6 Å². The van der Waals surface area contributed by atoms with Gasteiger partial charge in [-0.05, 0) is 66.2 Å². The number of amides is 2. The van der Waals surface area contributed by atoms with Crippen molar-refractivity contribution in [2.75, 3.05) is 31.5 Å². The van der Waals surface area contributed by atoms with Crippen LogP contribution in [0.4, 0.5) is 89.8 Å². The predicted molar refractivity (Wildman–Crippen MR) is 252 cm³/mol. The Kier molecular flexibility index (Phi) is 14.3. The monoisotopic (exact) mass is 990 g/mol. The topological polar surface area (TPSA) is 229 Å². The van der Waals surface area contributed by atoms with Crippen molar-refractivity contribution >= 4 is 75.3 Å². The molecule has 20 nitrogen and oxygen atoms in total. The van der Waals surface area contributed by atoms with Gasteiger partial charge in [0.2, 0.25) is 29.6 Å². The standard InChI is InChI=1S/C46H36F6N16O4/c1-5-37(69)58-26-8-10-32(47)34(15-26)61-42-31(21-55-46(65-42)60-28-19-57-67(4)23-28)25-13-36(63-39(14-25)72-44(51)52)68(40(70)6-2)29-9-11-33(48)35(16-29)62-41-30(24-7-12-38(53-17-24)71-43(49)50)20-54-45(64-41)59-27-18-56-66(3)22-27/h5-23,43-44H,1-2H2,3-4H3,(H,58,69)(H2,54,59,62,64)(H2,55,60,61,65). The smallest absolute Gasteiger partial charge is 0.388 e. The number of hydrogen-bond acceptors (Lipinski definition) is 16. The maximum absolute atomic E-state index is 16.0. The number of carbonyl (C=O) groups is 2. The van der Waals surface area contributed by atoms with Gasteiger partial charge >= 0.3 is 13.2 Å². The minimum Gasteiger partial charge on any atom is -0.417 e. The summed E-state index contributed by atoms with van der Waals surface area (Å²) < 4.78 is 97.7. The van der Waals surface area contributed by atoms with Crippen LogP contribution in [0, 0.1) is 11.6 Å². The zero-order chi connectivity index (χ0) is 51.1. The molecule has 366 valence electrons. The molecule has 6 heterocycles. The van der Waals surface area contributed by atoms with Gasteiger partial charge < -0.3 is 36.1 Å². The maximum atomic E-state index is 16.0. The Labute approximate surface area is 403 Å². The molecule has 0 unspecified atom stereocenters. The highest BCUT2D eigenvalue weighted by Crippen LogP contribution is 2.39. The number of aromatic nitrogens is 10. The Bertz CT molecular complexity index is 3320. The SMILES string of the molecule is C=CC(=O)Nc1ccc(F)c(Nc2nc(Nc3cnn(C)c3)ncc2-c2cc(OC(F)F)nc(N(C(=O)C=C)c3ccc(F)c(Nc4nc(Nc5cnn(C)c5)ncc4-c4ccc(OC(F)F)nc4)c3)c2)c1. The normalized spacial score (nSPS) is 11.0. The predicted octanol–water partition coefficient (Wildman–Crippen LogP) is 9.29. The van der Waals surface area contributed by atoms with Crippen molar-refractivity contribution in [3.63, 3.8) is 0 Å². The fourth-order valence-electron chi connectivity index (χ4n) is 6.70. The van der Waals surface area contributed by atoms with Gasteiger partial charge in [-0.3, -0.25) is 23.9 Å². The largest absolute Gasteiger partial charge is 0.417 e. The van der Waals surface area contributed by atoms with Crippen molar-refractivity contribution in [3.05, 3.63) is 141 Å². The van der Waals surface area contributed by atoms with Crippen molar-refractivity contribution in [1.82, 2.24) is 49.5 Å². The Morgan fingerprint density at radius 1 is 0.625 bits per heavy atom. The zero-order valence-corrected chi connectivity index (χ0v) is 37.4. The van der Waals surface area contributed by atoms with Gasteiger partial charge in [0.25, 0.3) is 5.91 Å². The lowest BCUT2D eigenvalue weighted by molar-refractivity contribution is -0.113. The molecule has 8 aromatic rings. The molecule has 6 aromatic heterocycles. The number of hydrogen-bond donors (Lipinski definition) is 5. The number of nitrogens with one attached hydrogen (secondary N) is 5. The highest BCUT2D eigenvalue weighted by molar-refractivity contribution is 6.07. The van der Waals surface area contributed by atoms with Crippen molar-refractivity contribution in [2.24, 2.45) is 14.1 Å². The molecule has 0 saturated carbocycles. The number of rotatable bonds is 19. The second-order valence-corrected chi connectivity index (χ2v) is 14.8. The number of halogens is 6. The Morgan fingerprint density at radius 2 is 1.21 bits per heavy atom. The molecule has 2 aromatic carbocycles.